The smallest absolute Gasteiger partial charge is 0.258 e. The third kappa shape index (κ3) is 2.09. The van der Waals surface area contributed by atoms with Crippen LogP contribution in [0.2, 0.25) is 0 Å². The third-order valence-electron chi connectivity index (χ3n) is 4.78. The number of thiazole rings is 1. The SMILES string of the molecule is O=c1cc(CN2C[C@H]3CCCCC[C@@H]32)nc2sccn12. The Bertz CT molecular complexity index is 677. The molecule has 2 fully saturated rings. The number of rotatable bonds is 2. The van der Waals surface area contributed by atoms with Crippen LogP contribution in [0.15, 0.2) is 22.4 Å². The molecule has 0 N–H and O–H groups in total. The monoisotopic (exact) mass is 289 g/mol. The van der Waals surface area contributed by atoms with Crippen LogP contribution >= 0.6 is 11.3 Å². The zero-order valence-corrected chi connectivity index (χ0v) is 12.3. The van der Waals surface area contributed by atoms with E-state index in [-0.39, 0.29) is 5.56 Å². The summed E-state index contributed by atoms with van der Waals surface area (Å²) in [7, 11) is 0. The molecule has 5 heteroatoms. The molecule has 0 amide bonds. The number of hydrogen-bond acceptors (Lipinski definition) is 4. The summed E-state index contributed by atoms with van der Waals surface area (Å²) in [5, 5.41) is 1.92. The molecule has 20 heavy (non-hydrogen) atoms. The summed E-state index contributed by atoms with van der Waals surface area (Å²) in [5.41, 5.74) is 0.976. The molecule has 1 saturated heterocycles. The standard InChI is InChI=1S/C15H19N3OS/c19-14-8-12(16-15-18(14)6-7-20-15)10-17-9-11-4-2-1-3-5-13(11)17/h6-8,11,13H,1-5,9-10H2/t11-,13+/m1/s1. The first kappa shape index (κ1) is 12.5. The lowest BCUT2D eigenvalue weighted by Gasteiger charge is -2.47. The highest BCUT2D eigenvalue weighted by Gasteiger charge is 2.38. The lowest BCUT2D eigenvalue weighted by atomic mass is 9.84. The van der Waals surface area contributed by atoms with Crippen LogP contribution in [0, 0.1) is 5.92 Å². The second kappa shape index (κ2) is 4.97. The number of hydrogen-bond donors (Lipinski definition) is 0. The Kier molecular flexibility index (Phi) is 3.11. The van der Waals surface area contributed by atoms with Gasteiger partial charge in [-0.3, -0.25) is 14.1 Å². The maximum atomic E-state index is 12.0. The Balaban J connectivity index is 1.54. The van der Waals surface area contributed by atoms with Gasteiger partial charge < -0.3 is 0 Å². The molecule has 1 aliphatic carbocycles. The van der Waals surface area contributed by atoms with E-state index in [0.29, 0.717) is 0 Å². The van der Waals surface area contributed by atoms with Crippen LogP contribution in [0.1, 0.15) is 37.8 Å². The fourth-order valence-corrected chi connectivity index (χ4v) is 4.45. The zero-order valence-electron chi connectivity index (χ0n) is 11.5. The second-order valence-electron chi connectivity index (χ2n) is 6.04. The van der Waals surface area contributed by atoms with Crippen LogP contribution in [0.3, 0.4) is 0 Å². The molecule has 4 nitrogen and oxygen atoms in total. The molecule has 3 heterocycles. The summed E-state index contributed by atoms with van der Waals surface area (Å²) in [6.45, 7) is 2.03. The molecular formula is C15H19N3OS. The highest BCUT2D eigenvalue weighted by molar-refractivity contribution is 7.15. The Hall–Kier alpha value is -1.20. The van der Waals surface area contributed by atoms with E-state index in [1.807, 2.05) is 5.38 Å². The number of aromatic nitrogens is 2. The lowest BCUT2D eigenvalue weighted by molar-refractivity contribution is 0.00205. The van der Waals surface area contributed by atoms with Crippen LogP contribution in [0.5, 0.6) is 0 Å². The zero-order chi connectivity index (χ0) is 13.5. The van der Waals surface area contributed by atoms with E-state index in [1.54, 1.807) is 16.7 Å². The highest BCUT2D eigenvalue weighted by Crippen LogP contribution is 2.36. The van der Waals surface area contributed by atoms with E-state index in [9.17, 15) is 4.79 Å². The van der Waals surface area contributed by atoms with Gasteiger partial charge in [-0.2, -0.15) is 0 Å². The predicted octanol–water partition coefficient (Wildman–Crippen LogP) is 2.52. The van der Waals surface area contributed by atoms with Crippen molar-refractivity contribution in [2.24, 2.45) is 5.92 Å². The third-order valence-corrected chi connectivity index (χ3v) is 5.53. The molecular weight excluding hydrogens is 270 g/mol. The van der Waals surface area contributed by atoms with Crippen molar-refractivity contribution in [1.29, 1.82) is 0 Å². The summed E-state index contributed by atoms with van der Waals surface area (Å²) in [6, 6.07) is 2.44. The van der Waals surface area contributed by atoms with Crippen LogP contribution < -0.4 is 5.56 Å². The van der Waals surface area contributed by atoms with Gasteiger partial charge >= 0.3 is 0 Å². The first-order chi connectivity index (χ1) is 9.81. The minimum Gasteiger partial charge on any atom is -0.294 e. The van der Waals surface area contributed by atoms with Crippen molar-refractivity contribution in [3.05, 3.63) is 33.7 Å². The van der Waals surface area contributed by atoms with E-state index >= 15 is 0 Å². The van der Waals surface area contributed by atoms with Crippen LogP contribution in [-0.4, -0.2) is 26.9 Å². The van der Waals surface area contributed by atoms with Crippen molar-refractivity contribution in [3.8, 4) is 0 Å². The molecule has 106 valence electrons. The van der Waals surface area contributed by atoms with E-state index < -0.39 is 0 Å². The van der Waals surface area contributed by atoms with Gasteiger partial charge in [0.15, 0.2) is 4.96 Å². The van der Waals surface area contributed by atoms with Gasteiger partial charge in [-0.15, -0.1) is 11.3 Å². The average molecular weight is 289 g/mol. The Morgan fingerprint density at radius 1 is 1.30 bits per heavy atom. The Morgan fingerprint density at radius 3 is 3.15 bits per heavy atom. The van der Waals surface area contributed by atoms with Gasteiger partial charge in [0.2, 0.25) is 0 Å². The topological polar surface area (TPSA) is 37.6 Å². The Morgan fingerprint density at radius 2 is 2.20 bits per heavy atom. The second-order valence-corrected chi connectivity index (χ2v) is 6.91. The van der Waals surface area contributed by atoms with Crippen molar-refractivity contribution in [2.75, 3.05) is 6.54 Å². The predicted molar refractivity (Wildman–Crippen MR) is 80.1 cm³/mol. The molecule has 0 aromatic carbocycles. The van der Waals surface area contributed by atoms with Crippen LogP contribution in [0.25, 0.3) is 4.96 Å². The first-order valence-corrected chi connectivity index (χ1v) is 8.39. The van der Waals surface area contributed by atoms with Crippen molar-refractivity contribution in [1.82, 2.24) is 14.3 Å². The summed E-state index contributed by atoms with van der Waals surface area (Å²) in [4.78, 5) is 19.9. The van der Waals surface area contributed by atoms with E-state index in [0.717, 1.165) is 29.2 Å². The van der Waals surface area contributed by atoms with Crippen molar-refractivity contribution in [2.45, 2.75) is 44.7 Å². The van der Waals surface area contributed by atoms with E-state index in [4.69, 9.17) is 0 Å². The minimum atomic E-state index is 0.0455. The number of fused-ring (bicyclic) bond motifs is 2. The fraction of sp³-hybridized carbons (Fsp3) is 0.600. The van der Waals surface area contributed by atoms with Gasteiger partial charge in [-0.25, -0.2) is 4.98 Å². The first-order valence-electron chi connectivity index (χ1n) is 7.51. The molecule has 2 aliphatic rings. The maximum absolute atomic E-state index is 12.0. The molecule has 1 saturated carbocycles. The van der Waals surface area contributed by atoms with Crippen LogP contribution in [-0.2, 0) is 6.54 Å². The van der Waals surface area contributed by atoms with E-state index in [1.165, 1.54) is 50.0 Å². The summed E-state index contributed by atoms with van der Waals surface area (Å²) in [5.74, 6) is 0.893. The normalized spacial score (nSPS) is 27.0. The van der Waals surface area contributed by atoms with E-state index in [2.05, 4.69) is 9.88 Å². The van der Waals surface area contributed by atoms with Gasteiger partial charge in [0.05, 0.1) is 5.69 Å². The highest BCUT2D eigenvalue weighted by atomic mass is 32.1. The van der Waals surface area contributed by atoms with Gasteiger partial charge in [0.25, 0.3) is 5.56 Å². The van der Waals surface area contributed by atoms with Gasteiger partial charge in [-0.05, 0) is 18.8 Å². The van der Waals surface area contributed by atoms with Crippen molar-refractivity contribution >= 4 is 16.3 Å². The molecule has 2 aromatic heterocycles. The quantitative estimate of drug-likeness (QED) is 0.852. The van der Waals surface area contributed by atoms with Gasteiger partial charge in [-0.1, -0.05) is 19.3 Å². The number of nitrogens with zero attached hydrogens (tertiary/aromatic N) is 3. The van der Waals surface area contributed by atoms with Crippen LogP contribution in [0.4, 0.5) is 0 Å². The van der Waals surface area contributed by atoms with Crippen molar-refractivity contribution in [3.63, 3.8) is 0 Å². The summed E-state index contributed by atoms with van der Waals surface area (Å²) >= 11 is 1.53. The minimum absolute atomic E-state index is 0.0455. The van der Waals surface area contributed by atoms with Crippen molar-refractivity contribution < 1.29 is 0 Å². The largest absolute Gasteiger partial charge is 0.294 e. The molecule has 0 unspecified atom stereocenters. The fourth-order valence-electron chi connectivity index (χ4n) is 3.72. The van der Waals surface area contributed by atoms with Gasteiger partial charge in [0, 0.05) is 36.8 Å². The molecule has 0 spiro atoms. The lowest BCUT2D eigenvalue weighted by Crippen LogP contribution is -2.55. The molecule has 0 bridgehead atoms. The molecule has 2 atom stereocenters. The maximum Gasteiger partial charge on any atom is 0.258 e. The molecule has 0 radical (unpaired) electrons. The number of likely N-dealkylation sites (tertiary alicyclic amines) is 1. The average Bonchev–Trinajstić information content (AvgIpc) is 2.80. The Labute approximate surface area is 122 Å². The molecule has 1 aliphatic heterocycles. The summed E-state index contributed by atoms with van der Waals surface area (Å²) < 4.78 is 1.62. The van der Waals surface area contributed by atoms with Gasteiger partial charge in [0.1, 0.15) is 0 Å². The molecule has 2 aromatic rings. The summed E-state index contributed by atoms with van der Waals surface area (Å²) in [6.07, 6.45) is 8.66. The molecule has 4 rings (SSSR count).